The molecule has 7 nitrogen and oxygen atoms in total. The van der Waals surface area contributed by atoms with Crippen molar-refractivity contribution in [2.45, 2.75) is 6.92 Å². The highest BCUT2D eigenvalue weighted by Crippen LogP contribution is 2.30. The van der Waals surface area contributed by atoms with Gasteiger partial charge in [0.25, 0.3) is 0 Å². The first kappa shape index (κ1) is 19.4. The maximum absolute atomic E-state index is 12.4. The van der Waals surface area contributed by atoms with Crippen molar-refractivity contribution in [3.05, 3.63) is 59.4 Å². The Labute approximate surface area is 161 Å². The third-order valence-electron chi connectivity index (χ3n) is 4.08. The molecule has 0 aliphatic heterocycles. The normalized spacial score (nSPS) is 10.7. The molecule has 2 aromatic carbocycles. The van der Waals surface area contributed by atoms with Crippen molar-refractivity contribution in [1.29, 1.82) is 0 Å². The highest BCUT2D eigenvalue weighted by molar-refractivity contribution is 6.05. The van der Waals surface area contributed by atoms with Crippen LogP contribution in [0.1, 0.15) is 26.5 Å². The van der Waals surface area contributed by atoms with Crippen LogP contribution in [0.4, 0.5) is 0 Å². The lowest BCUT2D eigenvalue weighted by molar-refractivity contribution is 0.0388. The number of fused-ring (bicyclic) bond motifs is 1. The minimum Gasteiger partial charge on any atom is -0.497 e. The second kappa shape index (κ2) is 8.58. The Bertz CT molecular complexity index is 1000. The van der Waals surface area contributed by atoms with Crippen LogP contribution in [-0.4, -0.2) is 39.4 Å². The highest BCUT2D eigenvalue weighted by Gasteiger charge is 2.21. The van der Waals surface area contributed by atoms with Crippen LogP contribution in [0.25, 0.3) is 11.0 Å². The number of carbonyl (C=O) groups is 2. The zero-order valence-corrected chi connectivity index (χ0v) is 15.8. The first-order valence-electron chi connectivity index (χ1n) is 8.59. The zero-order valence-electron chi connectivity index (χ0n) is 15.8. The molecular weight excluding hydrogens is 364 g/mol. The average Bonchev–Trinajstić information content (AvgIpc) is 3.03. The van der Waals surface area contributed by atoms with Crippen molar-refractivity contribution in [1.82, 2.24) is 0 Å². The van der Waals surface area contributed by atoms with E-state index in [1.807, 2.05) is 0 Å². The number of esters is 2. The summed E-state index contributed by atoms with van der Waals surface area (Å²) in [6.07, 6.45) is 0. The van der Waals surface area contributed by atoms with Gasteiger partial charge in [0.1, 0.15) is 35.0 Å². The van der Waals surface area contributed by atoms with Gasteiger partial charge >= 0.3 is 11.9 Å². The van der Waals surface area contributed by atoms with Gasteiger partial charge in [0.05, 0.1) is 19.3 Å². The SMILES string of the molecule is COCCOC(=O)c1c(C)oc2ccc(OC(=O)c3cccc(OC)c3)cc12. The Morgan fingerprint density at radius 2 is 1.79 bits per heavy atom. The van der Waals surface area contributed by atoms with Crippen molar-refractivity contribution >= 4 is 22.9 Å². The summed E-state index contributed by atoms with van der Waals surface area (Å²) in [5, 5.41) is 0.510. The molecular formula is C21H20O7. The van der Waals surface area contributed by atoms with E-state index in [0.717, 1.165) is 0 Å². The molecule has 0 aliphatic rings. The second-order valence-electron chi connectivity index (χ2n) is 5.94. The molecule has 3 aromatic rings. The minimum absolute atomic E-state index is 0.131. The number of rotatable bonds is 7. The van der Waals surface area contributed by atoms with Crippen molar-refractivity contribution in [3.63, 3.8) is 0 Å². The Kier molecular flexibility index (Phi) is 5.96. The van der Waals surface area contributed by atoms with E-state index in [4.69, 9.17) is 23.4 Å². The number of carbonyl (C=O) groups excluding carboxylic acids is 2. The van der Waals surface area contributed by atoms with Gasteiger partial charge in [-0.15, -0.1) is 0 Å². The van der Waals surface area contributed by atoms with E-state index in [1.54, 1.807) is 49.4 Å². The smallest absolute Gasteiger partial charge is 0.343 e. The van der Waals surface area contributed by atoms with Gasteiger partial charge in [0.2, 0.25) is 0 Å². The molecule has 0 spiro atoms. The minimum atomic E-state index is -0.539. The van der Waals surface area contributed by atoms with E-state index in [9.17, 15) is 9.59 Å². The van der Waals surface area contributed by atoms with Gasteiger partial charge in [-0.05, 0) is 43.3 Å². The van der Waals surface area contributed by atoms with E-state index in [1.165, 1.54) is 14.2 Å². The second-order valence-corrected chi connectivity index (χ2v) is 5.94. The summed E-state index contributed by atoms with van der Waals surface area (Å²) in [5.41, 5.74) is 1.14. The van der Waals surface area contributed by atoms with E-state index < -0.39 is 11.9 Å². The summed E-state index contributed by atoms with van der Waals surface area (Å²) in [5.74, 6) is 0.199. The number of furan rings is 1. The van der Waals surface area contributed by atoms with Crippen LogP contribution in [0.2, 0.25) is 0 Å². The van der Waals surface area contributed by atoms with Crippen molar-refractivity contribution in [2.24, 2.45) is 0 Å². The van der Waals surface area contributed by atoms with Crippen LogP contribution in [0, 0.1) is 6.92 Å². The van der Waals surface area contributed by atoms with E-state index in [-0.39, 0.29) is 12.4 Å². The Morgan fingerprint density at radius 3 is 2.54 bits per heavy atom. The molecule has 146 valence electrons. The lowest BCUT2D eigenvalue weighted by Gasteiger charge is -2.06. The van der Waals surface area contributed by atoms with Crippen molar-refractivity contribution < 1.29 is 33.0 Å². The zero-order chi connectivity index (χ0) is 20.1. The van der Waals surface area contributed by atoms with Gasteiger partial charge in [-0.2, -0.15) is 0 Å². The highest BCUT2D eigenvalue weighted by atomic mass is 16.6. The number of methoxy groups -OCH3 is 2. The molecule has 1 aromatic heterocycles. The lowest BCUT2D eigenvalue weighted by Crippen LogP contribution is -2.11. The molecule has 0 bridgehead atoms. The first-order valence-corrected chi connectivity index (χ1v) is 8.59. The van der Waals surface area contributed by atoms with E-state index in [2.05, 4.69) is 0 Å². The fourth-order valence-corrected chi connectivity index (χ4v) is 2.72. The molecule has 0 saturated carbocycles. The summed E-state index contributed by atoms with van der Waals surface area (Å²) in [6, 6.07) is 11.5. The quantitative estimate of drug-likeness (QED) is 0.348. The number of hydrogen-bond donors (Lipinski definition) is 0. The molecule has 0 fully saturated rings. The fraction of sp³-hybridized carbons (Fsp3) is 0.238. The standard InChI is InChI=1S/C21H20O7/c1-13-19(21(23)26-10-9-24-2)17-12-16(7-8-18(17)27-13)28-20(22)14-5-4-6-15(11-14)25-3/h4-8,11-12H,9-10H2,1-3H3. The van der Waals surface area contributed by atoms with Crippen LogP contribution in [0.5, 0.6) is 11.5 Å². The molecule has 1 heterocycles. The van der Waals surface area contributed by atoms with Gasteiger partial charge in [-0.25, -0.2) is 9.59 Å². The fourth-order valence-electron chi connectivity index (χ4n) is 2.72. The third kappa shape index (κ3) is 4.15. The number of benzene rings is 2. The summed E-state index contributed by atoms with van der Waals surface area (Å²) in [7, 11) is 3.04. The van der Waals surface area contributed by atoms with Crippen molar-refractivity contribution in [3.8, 4) is 11.5 Å². The van der Waals surface area contributed by atoms with Gasteiger partial charge in [0.15, 0.2) is 0 Å². The van der Waals surface area contributed by atoms with E-state index in [0.29, 0.717) is 40.2 Å². The predicted octanol–water partition coefficient (Wildman–Crippen LogP) is 3.77. The van der Waals surface area contributed by atoms with E-state index >= 15 is 0 Å². The maximum atomic E-state index is 12.4. The monoisotopic (exact) mass is 384 g/mol. The molecule has 0 saturated heterocycles. The summed E-state index contributed by atoms with van der Waals surface area (Å²) in [4.78, 5) is 24.8. The first-order chi connectivity index (χ1) is 13.5. The topological polar surface area (TPSA) is 84.2 Å². The van der Waals surface area contributed by atoms with Gasteiger partial charge < -0.3 is 23.4 Å². The summed E-state index contributed by atoms with van der Waals surface area (Å²) in [6.45, 7) is 2.10. The number of aryl methyl sites for hydroxylation is 1. The average molecular weight is 384 g/mol. The Hall–Kier alpha value is -3.32. The van der Waals surface area contributed by atoms with Crippen LogP contribution in [0.15, 0.2) is 46.9 Å². The Morgan fingerprint density at radius 1 is 0.964 bits per heavy atom. The molecule has 0 N–H and O–H groups in total. The third-order valence-corrected chi connectivity index (χ3v) is 4.08. The van der Waals surface area contributed by atoms with Crippen LogP contribution >= 0.6 is 0 Å². The number of hydrogen-bond acceptors (Lipinski definition) is 7. The van der Waals surface area contributed by atoms with Crippen molar-refractivity contribution in [2.75, 3.05) is 27.4 Å². The molecule has 0 amide bonds. The van der Waals surface area contributed by atoms with Crippen LogP contribution in [-0.2, 0) is 9.47 Å². The molecule has 3 rings (SSSR count). The molecule has 0 radical (unpaired) electrons. The largest absolute Gasteiger partial charge is 0.497 e. The number of ether oxygens (including phenoxy) is 4. The molecule has 0 aliphatic carbocycles. The van der Waals surface area contributed by atoms with Crippen LogP contribution in [0.3, 0.4) is 0 Å². The van der Waals surface area contributed by atoms with Gasteiger partial charge in [0, 0.05) is 12.5 Å². The molecule has 0 atom stereocenters. The predicted molar refractivity (Wildman–Crippen MR) is 101 cm³/mol. The summed E-state index contributed by atoms with van der Waals surface area (Å²) >= 11 is 0. The molecule has 0 unspecified atom stereocenters. The van der Waals surface area contributed by atoms with Crippen LogP contribution < -0.4 is 9.47 Å². The summed E-state index contributed by atoms with van der Waals surface area (Å²) < 4.78 is 26.2. The molecule has 7 heteroatoms. The van der Waals surface area contributed by atoms with Gasteiger partial charge in [-0.1, -0.05) is 6.07 Å². The lowest BCUT2D eigenvalue weighted by atomic mass is 10.1. The molecule has 28 heavy (non-hydrogen) atoms. The van der Waals surface area contributed by atoms with Gasteiger partial charge in [-0.3, -0.25) is 0 Å². The Balaban J connectivity index is 1.85. The maximum Gasteiger partial charge on any atom is 0.343 e.